The van der Waals surface area contributed by atoms with Crippen molar-refractivity contribution in [3.8, 4) is 0 Å². The van der Waals surface area contributed by atoms with Crippen LogP contribution in [0.4, 0.5) is 14.4 Å². The van der Waals surface area contributed by atoms with Gasteiger partial charge in [-0.15, -0.1) is 0 Å². The van der Waals surface area contributed by atoms with Crippen molar-refractivity contribution in [3.63, 3.8) is 0 Å². The van der Waals surface area contributed by atoms with E-state index in [1.54, 1.807) is 0 Å². The predicted molar refractivity (Wildman–Crippen MR) is 388 cm³/mol. The number of nitrogens with one attached hydrogen (secondary N) is 9. The minimum atomic E-state index is -4.51. The zero-order chi connectivity index (χ0) is 73.9. The summed E-state index contributed by atoms with van der Waals surface area (Å²) < 4.78 is 96.6. The highest BCUT2D eigenvalue weighted by molar-refractivity contribution is 8.00. The number of rotatable bonds is 69. The first-order valence-corrected chi connectivity index (χ1v) is 41.7. The number of aliphatic hydroxyl groups excluding tert-OH is 3. The van der Waals surface area contributed by atoms with Gasteiger partial charge in [-0.2, -0.15) is 35.3 Å². The number of fused-ring (bicyclic) bond motifs is 3. The molecule has 6 aliphatic heterocycles. The van der Waals surface area contributed by atoms with Crippen molar-refractivity contribution in [1.29, 1.82) is 0 Å². The molecule has 0 aliphatic carbocycles. The number of hydrogen-bond acceptors (Lipinski definition) is 28. The van der Waals surface area contributed by atoms with Crippen LogP contribution in [0.3, 0.4) is 0 Å². The van der Waals surface area contributed by atoms with E-state index in [0.717, 1.165) is 75.0 Å². The number of hydrogen-bond donors (Lipinski definition) is 12. The van der Waals surface area contributed by atoms with Crippen molar-refractivity contribution in [2.45, 2.75) is 167 Å². The second-order valence-electron chi connectivity index (χ2n) is 25.7. The van der Waals surface area contributed by atoms with E-state index < -0.39 is 46.0 Å². The van der Waals surface area contributed by atoms with E-state index in [0.29, 0.717) is 173 Å². The molecule has 6 saturated heterocycles. The van der Waals surface area contributed by atoms with Gasteiger partial charge in [0, 0.05) is 91.7 Å². The minimum absolute atomic E-state index is 0.0246. The molecule has 38 heteroatoms. The molecule has 0 radical (unpaired) electrons. The van der Waals surface area contributed by atoms with Gasteiger partial charge in [-0.1, -0.05) is 19.3 Å². The maximum absolute atomic E-state index is 13.8. The summed E-state index contributed by atoms with van der Waals surface area (Å²) >= 11 is 5.63. The van der Waals surface area contributed by atoms with Crippen molar-refractivity contribution >= 4 is 78.9 Å². The Morgan fingerprint density at radius 3 is 0.846 bits per heavy atom. The SMILES string of the molecule is O=C(CCCC[C@@H]1SC[C@@H]2NC(=O)N[C@@H]21)NCCCOCCOCCOCCOCC(O)COP(=O)(OCC(O)COCCOCCOCCOCCCNC(=O)CCCC[C@@H]1SC[C@@H]2NC(=O)N[C@@H]21)OCC(O)COCCOCCOCCOCCCNC(=O)CCCC[C@@H]1SC[C@@H]2NC(=O)N[C@@H]21. The molecule has 0 spiro atoms. The van der Waals surface area contributed by atoms with Crippen LogP contribution in [-0.2, 0) is 89.4 Å². The Hall–Kier alpha value is -3.22. The first kappa shape index (κ1) is 89.7. The quantitative estimate of drug-likeness (QED) is 0.0231. The highest BCUT2D eigenvalue weighted by Crippen LogP contribution is 2.50. The van der Waals surface area contributed by atoms with Gasteiger partial charge in [-0.05, 0) is 57.8 Å². The van der Waals surface area contributed by atoms with Crippen molar-refractivity contribution in [2.24, 2.45) is 0 Å². The lowest BCUT2D eigenvalue weighted by Crippen LogP contribution is -2.36. The van der Waals surface area contributed by atoms with Crippen LogP contribution in [0.25, 0.3) is 0 Å². The highest BCUT2D eigenvalue weighted by atomic mass is 32.2. The molecule has 602 valence electrons. The van der Waals surface area contributed by atoms with Gasteiger partial charge in [0.1, 0.15) is 18.3 Å². The molecule has 0 aromatic rings. The van der Waals surface area contributed by atoms with Gasteiger partial charge < -0.3 is 120 Å². The molecule has 104 heavy (non-hydrogen) atoms. The van der Waals surface area contributed by atoms with E-state index in [1.165, 1.54) is 0 Å². The van der Waals surface area contributed by atoms with Crippen LogP contribution in [-0.4, -0.2) is 337 Å². The number of ether oxygens (including phenoxy) is 12. The average molecular weight is 1570 g/mol. The van der Waals surface area contributed by atoms with E-state index in [2.05, 4.69) is 47.9 Å². The summed E-state index contributed by atoms with van der Waals surface area (Å²) in [6, 6.07) is 0.900. The van der Waals surface area contributed by atoms with E-state index in [9.17, 15) is 48.7 Å². The smallest absolute Gasteiger partial charge is 0.388 e. The summed E-state index contributed by atoms with van der Waals surface area (Å²) in [5.74, 6) is 2.85. The van der Waals surface area contributed by atoms with E-state index in [4.69, 9.17) is 70.4 Å². The molecule has 34 nitrogen and oxygen atoms in total. The lowest BCUT2D eigenvalue weighted by atomic mass is 10.0. The van der Waals surface area contributed by atoms with Crippen molar-refractivity contribution < 1.29 is 119 Å². The summed E-state index contributed by atoms with van der Waals surface area (Å²) in [4.78, 5) is 71.5. The van der Waals surface area contributed by atoms with Crippen molar-refractivity contribution in [3.05, 3.63) is 0 Å². The second kappa shape index (κ2) is 56.1. The number of urea groups is 3. The fourth-order valence-electron chi connectivity index (χ4n) is 11.7. The summed E-state index contributed by atoms with van der Waals surface area (Å²) in [7, 11) is -4.51. The van der Waals surface area contributed by atoms with Gasteiger partial charge in [0.05, 0.1) is 195 Å². The molecule has 12 atom stereocenters. The molecule has 0 aromatic heterocycles. The number of phosphoric ester groups is 1. The van der Waals surface area contributed by atoms with Gasteiger partial charge in [-0.3, -0.25) is 28.0 Å². The fourth-order valence-corrected chi connectivity index (χ4v) is 17.6. The van der Waals surface area contributed by atoms with E-state index >= 15 is 0 Å². The lowest BCUT2D eigenvalue weighted by molar-refractivity contribution is -0.122. The second-order valence-corrected chi connectivity index (χ2v) is 31.2. The summed E-state index contributed by atoms with van der Waals surface area (Å²) in [6.07, 6.45) is 7.79. The maximum Gasteiger partial charge on any atom is 0.475 e. The average Bonchev–Trinajstić information content (AvgIpc) is 1.68. The van der Waals surface area contributed by atoms with Crippen LogP contribution in [0.2, 0.25) is 0 Å². The summed E-state index contributed by atoms with van der Waals surface area (Å²) in [5.41, 5.74) is 0. The summed E-state index contributed by atoms with van der Waals surface area (Å²) in [6.45, 7) is 5.85. The van der Waals surface area contributed by atoms with Gasteiger partial charge >= 0.3 is 25.9 Å². The first-order valence-electron chi connectivity index (χ1n) is 37.1. The molecule has 6 rings (SSSR count). The molecule has 0 bridgehead atoms. The predicted octanol–water partition coefficient (Wildman–Crippen LogP) is 1.12. The Kier molecular flexibility index (Phi) is 48.3. The Morgan fingerprint density at radius 1 is 0.346 bits per heavy atom. The van der Waals surface area contributed by atoms with E-state index in [-0.39, 0.29) is 132 Å². The third kappa shape index (κ3) is 40.5. The molecule has 6 fully saturated rings. The standard InChI is InChI=1S/C66H120N9O25PS3/c76-49(40-95-37-34-92-31-28-89-25-22-86-19-7-16-67-58(79)13-4-1-10-55-61-52(46-102-55)70-64(82)73-61)43-98-101(85,99-44-50(77)41-96-38-35-93-32-29-90-26-23-87-20-8-17-68-59(80)14-5-2-11-56-62-53(47-103-56)71-65(83)74-62)100-45-51(78)42-97-39-36-94-33-30-91-27-24-88-21-9-18-69-60(81)15-6-3-12-57-63-54(48-104-57)72-66(84)75-63/h49-57,61-63,76-78H,1-48H2,(H,67,79)(H,68,80)(H,69,81)(H2,70,73,82)(H2,71,74,83)(H2,72,75,84)/t49?,50?,51?,52-,53-,54-,55-,56-,57-,61-,62-,63-,101?/m0/s1. The molecule has 0 aromatic carbocycles. The number of carbonyl (C=O) groups excluding carboxylic acids is 6. The molecule has 6 aliphatic rings. The number of phosphoric acid groups is 1. The molecular formula is C66H120N9O25PS3. The zero-order valence-corrected chi connectivity index (χ0v) is 63.7. The molecule has 3 unspecified atom stereocenters. The van der Waals surface area contributed by atoms with Crippen LogP contribution >= 0.6 is 43.1 Å². The van der Waals surface area contributed by atoms with Crippen LogP contribution in [0.1, 0.15) is 96.3 Å². The number of amides is 9. The van der Waals surface area contributed by atoms with Crippen LogP contribution in [0, 0.1) is 0 Å². The highest BCUT2D eigenvalue weighted by Gasteiger charge is 2.45. The topological polar surface area (TPSA) is 427 Å². The van der Waals surface area contributed by atoms with Gasteiger partial charge in [0.2, 0.25) is 17.7 Å². The largest absolute Gasteiger partial charge is 0.475 e. The Labute approximate surface area is 624 Å². The van der Waals surface area contributed by atoms with Crippen LogP contribution < -0.4 is 47.9 Å². The maximum atomic E-state index is 13.8. The summed E-state index contributed by atoms with van der Waals surface area (Å²) in [5, 5.41) is 59.7. The van der Waals surface area contributed by atoms with Crippen molar-refractivity contribution in [2.75, 3.05) is 215 Å². The van der Waals surface area contributed by atoms with Gasteiger partial charge in [0.25, 0.3) is 0 Å². The molecule has 0 saturated carbocycles. The van der Waals surface area contributed by atoms with Gasteiger partial charge in [0.15, 0.2) is 0 Å². The van der Waals surface area contributed by atoms with E-state index in [1.807, 2.05) is 35.3 Å². The zero-order valence-electron chi connectivity index (χ0n) is 60.4. The molecule has 9 amide bonds. The van der Waals surface area contributed by atoms with Crippen LogP contribution in [0.15, 0.2) is 0 Å². The number of aliphatic hydroxyl groups is 3. The minimum Gasteiger partial charge on any atom is -0.388 e. The third-order valence-corrected chi connectivity index (χ3v) is 23.1. The Balaban J connectivity index is 0.719. The first-order chi connectivity index (χ1) is 50.7. The molecular weight excluding hydrogens is 1450 g/mol. The normalized spacial score (nSPS) is 23.1. The lowest BCUT2D eigenvalue weighted by Gasteiger charge is -2.22. The molecule has 12 N–H and O–H groups in total. The number of thioether (sulfide) groups is 3. The van der Waals surface area contributed by atoms with Crippen LogP contribution in [0.5, 0.6) is 0 Å². The monoisotopic (exact) mass is 1570 g/mol. The fraction of sp³-hybridized carbons (Fsp3) is 0.909. The Morgan fingerprint density at radius 2 is 0.587 bits per heavy atom. The third-order valence-electron chi connectivity index (χ3n) is 17.2. The Bertz CT molecular complexity index is 2160. The van der Waals surface area contributed by atoms with Gasteiger partial charge in [-0.25, -0.2) is 18.9 Å². The number of carbonyl (C=O) groups is 6. The van der Waals surface area contributed by atoms with Crippen molar-refractivity contribution in [1.82, 2.24) is 47.9 Å². The molecule has 6 heterocycles. The number of unbranched alkanes of at least 4 members (excludes halogenated alkanes) is 3.